The van der Waals surface area contributed by atoms with E-state index in [9.17, 15) is 0 Å². The van der Waals surface area contributed by atoms with E-state index in [1.165, 1.54) is 12.0 Å². The molecule has 0 heterocycles. The van der Waals surface area contributed by atoms with Gasteiger partial charge < -0.3 is 0 Å². The molecule has 2 aliphatic carbocycles. The number of allylic oxidation sites excluding steroid dienone is 1. The van der Waals surface area contributed by atoms with Crippen LogP contribution in [0.1, 0.15) is 13.3 Å². The van der Waals surface area contributed by atoms with Crippen molar-refractivity contribution in [2.24, 2.45) is 17.8 Å². The van der Waals surface area contributed by atoms with Gasteiger partial charge in [-0.1, -0.05) is 19.1 Å². The maximum atomic E-state index is 3.94. The van der Waals surface area contributed by atoms with Crippen LogP contribution in [0.15, 0.2) is 12.2 Å². The van der Waals surface area contributed by atoms with E-state index in [2.05, 4.69) is 13.5 Å². The molecule has 0 N–H and O–H groups in total. The third-order valence-electron chi connectivity index (χ3n) is 2.47. The van der Waals surface area contributed by atoms with Gasteiger partial charge in [0.15, 0.2) is 0 Å². The van der Waals surface area contributed by atoms with Gasteiger partial charge in [-0.25, -0.2) is 0 Å². The Morgan fingerprint density at radius 2 is 2.43 bits per heavy atom. The minimum absolute atomic E-state index is 0.972. The summed E-state index contributed by atoms with van der Waals surface area (Å²) in [6.45, 7) is 6.26. The van der Waals surface area contributed by atoms with E-state index < -0.39 is 0 Å². The predicted molar refractivity (Wildman–Crippen MR) is 29.9 cm³/mol. The quantitative estimate of drug-likeness (QED) is 0.402. The molecule has 7 heavy (non-hydrogen) atoms. The summed E-state index contributed by atoms with van der Waals surface area (Å²) in [6, 6.07) is 0. The third-order valence-corrected chi connectivity index (χ3v) is 2.47. The van der Waals surface area contributed by atoms with Crippen LogP contribution in [0.4, 0.5) is 0 Å². The number of hydrogen-bond donors (Lipinski definition) is 0. The highest BCUT2D eigenvalue weighted by atomic mass is 14.6. The van der Waals surface area contributed by atoms with Crippen molar-refractivity contribution in [1.82, 2.24) is 0 Å². The largest absolute Gasteiger partial charge is 0.0992 e. The summed E-state index contributed by atoms with van der Waals surface area (Å²) < 4.78 is 0. The summed E-state index contributed by atoms with van der Waals surface area (Å²) in [4.78, 5) is 0. The number of hydrogen-bond acceptors (Lipinski definition) is 0. The van der Waals surface area contributed by atoms with E-state index in [4.69, 9.17) is 0 Å². The van der Waals surface area contributed by atoms with Gasteiger partial charge in [-0.3, -0.25) is 0 Å². The van der Waals surface area contributed by atoms with Crippen LogP contribution in [0.3, 0.4) is 0 Å². The van der Waals surface area contributed by atoms with Crippen LogP contribution in [0.25, 0.3) is 0 Å². The Balaban J connectivity index is 2.18. The molecule has 2 rings (SSSR count). The highest BCUT2D eigenvalue weighted by Gasteiger charge is 2.54. The van der Waals surface area contributed by atoms with Gasteiger partial charge in [0, 0.05) is 0 Å². The first-order chi connectivity index (χ1) is 3.30. The maximum Gasteiger partial charge on any atom is -0.0111 e. The SMILES string of the molecule is C=C1C2CC(C)C12. The topological polar surface area (TPSA) is 0 Å². The summed E-state index contributed by atoms with van der Waals surface area (Å²) in [5.74, 6) is 2.94. The van der Waals surface area contributed by atoms with Crippen LogP contribution < -0.4 is 0 Å². The Morgan fingerprint density at radius 1 is 1.71 bits per heavy atom. The van der Waals surface area contributed by atoms with Gasteiger partial charge in [-0.05, 0) is 24.2 Å². The lowest BCUT2D eigenvalue weighted by Crippen LogP contribution is -2.10. The fraction of sp³-hybridized carbons (Fsp3) is 0.714. The molecule has 0 heteroatoms. The van der Waals surface area contributed by atoms with Gasteiger partial charge in [0.25, 0.3) is 0 Å². The van der Waals surface area contributed by atoms with Crippen molar-refractivity contribution < 1.29 is 0 Å². The van der Waals surface area contributed by atoms with Crippen LogP contribution in [0.5, 0.6) is 0 Å². The van der Waals surface area contributed by atoms with E-state index in [0.29, 0.717) is 0 Å². The molecule has 2 aliphatic rings. The molecule has 0 bridgehead atoms. The lowest BCUT2D eigenvalue weighted by atomic mass is 9.88. The van der Waals surface area contributed by atoms with Crippen molar-refractivity contribution in [2.75, 3.05) is 0 Å². The smallest absolute Gasteiger partial charge is 0.0111 e. The second-order valence-corrected chi connectivity index (χ2v) is 2.92. The monoisotopic (exact) mass is 94.1 g/mol. The van der Waals surface area contributed by atoms with Crippen LogP contribution in [-0.4, -0.2) is 0 Å². The molecule has 2 saturated carbocycles. The highest BCUT2D eigenvalue weighted by molar-refractivity contribution is 5.33. The summed E-state index contributed by atoms with van der Waals surface area (Å²) >= 11 is 0. The first-order valence-electron chi connectivity index (χ1n) is 2.99. The first-order valence-corrected chi connectivity index (χ1v) is 2.99. The molecular formula is C7H10. The van der Waals surface area contributed by atoms with Gasteiger partial charge in [0.05, 0.1) is 0 Å². The zero-order valence-electron chi connectivity index (χ0n) is 4.65. The fourth-order valence-electron chi connectivity index (χ4n) is 1.81. The molecule has 3 atom stereocenters. The minimum Gasteiger partial charge on any atom is -0.0992 e. The molecule has 0 aromatic rings. The van der Waals surface area contributed by atoms with Crippen molar-refractivity contribution >= 4 is 0 Å². The van der Waals surface area contributed by atoms with Crippen LogP contribution >= 0.6 is 0 Å². The van der Waals surface area contributed by atoms with Crippen molar-refractivity contribution in [3.63, 3.8) is 0 Å². The molecule has 0 saturated heterocycles. The van der Waals surface area contributed by atoms with Crippen LogP contribution in [0.2, 0.25) is 0 Å². The molecule has 0 aromatic carbocycles. The average molecular weight is 94.2 g/mol. The van der Waals surface area contributed by atoms with Gasteiger partial charge in [0.2, 0.25) is 0 Å². The number of fused-ring (bicyclic) bond motifs is 1. The molecule has 2 fully saturated rings. The van der Waals surface area contributed by atoms with Gasteiger partial charge in [-0.15, -0.1) is 0 Å². The Labute approximate surface area is 44.2 Å². The lowest BCUT2D eigenvalue weighted by Gasteiger charge is -2.17. The number of rotatable bonds is 0. The second-order valence-electron chi connectivity index (χ2n) is 2.92. The average Bonchev–Trinajstić information content (AvgIpc) is 2.07. The van der Waals surface area contributed by atoms with Crippen LogP contribution in [-0.2, 0) is 0 Å². The van der Waals surface area contributed by atoms with Gasteiger partial charge in [0.1, 0.15) is 0 Å². The Morgan fingerprint density at radius 3 is 2.43 bits per heavy atom. The lowest BCUT2D eigenvalue weighted by molar-refractivity contribution is 0.317. The van der Waals surface area contributed by atoms with E-state index >= 15 is 0 Å². The molecule has 38 valence electrons. The van der Waals surface area contributed by atoms with E-state index in [-0.39, 0.29) is 0 Å². The van der Waals surface area contributed by atoms with E-state index in [1.54, 1.807) is 0 Å². The molecule has 3 unspecified atom stereocenters. The summed E-state index contributed by atoms with van der Waals surface area (Å²) in [5, 5.41) is 0. The molecule has 0 radical (unpaired) electrons. The standard InChI is InChI=1S/C7H10/c1-4-3-6-5(2)7(4)6/h4,6-7H,2-3H2,1H3. The maximum absolute atomic E-state index is 3.94. The first kappa shape index (κ1) is 3.71. The van der Waals surface area contributed by atoms with Gasteiger partial charge >= 0.3 is 0 Å². The summed E-state index contributed by atoms with van der Waals surface area (Å²) in [7, 11) is 0. The molecule has 0 amide bonds. The molecule has 0 aromatic heterocycles. The van der Waals surface area contributed by atoms with E-state index in [1.807, 2.05) is 0 Å². The molecule has 0 nitrogen and oxygen atoms in total. The molecular weight excluding hydrogens is 84.1 g/mol. The van der Waals surface area contributed by atoms with Crippen molar-refractivity contribution in [3.8, 4) is 0 Å². The molecule has 0 aliphatic heterocycles. The van der Waals surface area contributed by atoms with E-state index in [0.717, 1.165) is 17.8 Å². The second kappa shape index (κ2) is 0.795. The Kier molecular flexibility index (Phi) is 0.421. The third kappa shape index (κ3) is 0.255. The molecule has 0 spiro atoms. The minimum atomic E-state index is 0.972. The summed E-state index contributed by atoms with van der Waals surface area (Å²) in [6.07, 6.45) is 1.43. The normalized spacial score (nSPS) is 55.6. The van der Waals surface area contributed by atoms with Crippen molar-refractivity contribution in [2.45, 2.75) is 13.3 Å². The van der Waals surface area contributed by atoms with Crippen LogP contribution in [0, 0.1) is 17.8 Å². The zero-order chi connectivity index (χ0) is 5.02. The summed E-state index contributed by atoms with van der Waals surface area (Å²) in [5.41, 5.74) is 1.53. The Hall–Kier alpha value is -0.260. The fourth-order valence-corrected chi connectivity index (χ4v) is 1.81. The Bertz CT molecular complexity index is 124. The van der Waals surface area contributed by atoms with Crippen molar-refractivity contribution in [1.29, 1.82) is 0 Å². The zero-order valence-corrected chi connectivity index (χ0v) is 4.65. The van der Waals surface area contributed by atoms with Gasteiger partial charge in [-0.2, -0.15) is 0 Å². The highest BCUT2D eigenvalue weighted by Crippen LogP contribution is 2.63. The van der Waals surface area contributed by atoms with Crippen molar-refractivity contribution in [3.05, 3.63) is 12.2 Å². The predicted octanol–water partition coefficient (Wildman–Crippen LogP) is 1.83.